The molecule has 0 radical (unpaired) electrons. The second-order valence-corrected chi connectivity index (χ2v) is 8.57. The van der Waals surface area contributed by atoms with Gasteiger partial charge >= 0.3 is 0 Å². The minimum Gasteiger partial charge on any atom is -0.496 e. The largest absolute Gasteiger partial charge is 0.496 e. The quantitative estimate of drug-likeness (QED) is 0.504. The van der Waals surface area contributed by atoms with Crippen molar-refractivity contribution in [3.63, 3.8) is 0 Å². The number of benzene rings is 2. The van der Waals surface area contributed by atoms with E-state index in [2.05, 4.69) is 5.32 Å². The molecule has 2 rings (SSSR count). The monoisotopic (exact) mass is 461 g/mol. The molecule has 0 fully saturated rings. The highest BCUT2D eigenvalue weighted by Gasteiger charge is 2.14. The summed E-state index contributed by atoms with van der Waals surface area (Å²) < 4.78 is 46.7. The Kier molecular flexibility index (Phi) is 8.71. The van der Waals surface area contributed by atoms with E-state index in [1.165, 1.54) is 53.7 Å². The van der Waals surface area contributed by atoms with E-state index in [-0.39, 0.29) is 11.5 Å². The lowest BCUT2D eigenvalue weighted by atomic mass is 10.1. The molecule has 0 saturated heterocycles. The zero-order valence-corrected chi connectivity index (χ0v) is 19.5. The first-order valence-corrected chi connectivity index (χ1v) is 11.3. The highest BCUT2D eigenvalue weighted by molar-refractivity contribution is 7.93. The smallest absolute Gasteiger partial charge is 0.175 e. The van der Waals surface area contributed by atoms with Crippen LogP contribution in [0.25, 0.3) is 6.08 Å². The van der Waals surface area contributed by atoms with Crippen molar-refractivity contribution in [2.75, 3.05) is 33.8 Å². The molecule has 2 aromatic rings. The van der Waals surface area contributed by atoms with E-state index < -0.39 is 9.84 Å². The van der Waals surface area contributed by atoms with Crippen molar-refractivity contribution in [1.29, 1.82) is 0 Å². The maximum absolute atomic E-state index is 12.8. The van der Waals surface area contributed by atoms with Crippen LogP contribution >= 0.6 is 0 Å². The van der Waals surface area contributed by atoms with Crippen LogP contribution in [0.3, 0.4) is 0 Å². The van der Waals surface area contributed by atoms with E-state index in [0.717, 1.165) is 5.41 Å². The summed E-state index contributed by atoms with van der Waals surface area (Å²) in [5.74, 6) is 1.52. The van der Waals surface area contributed by atoms with Crippen LogP contribution in [0.15, 0.2) is 48.0 Å². The van der Waals surface area contributed by atoms with Crippen molar-refractivity contribution in [1.82, 2.24) is 0 Å². The Morgan fingerprint density at radius 2 is 1.56 bits per heavy atom. The van der Waals surface area contributed by atoms with Gasteiger partial charge in [-0.2, -0.15) is 0 Å². The third-order valence-electron chi connectivity index (χ3n) is 4.38. The number of sulfone groups is 1. The summed E-state index contributed by atoms with van der Waals surface area (Å²) in [6.07, 6.45) is 4.27. The third kappa shape index (κ3) is 6.78. The van der Waals surface area contributed by atoms with Gasteiger partial charge in [0, 0.05) is 23.7 Å². The number of ether oxygens (including phenoxy) is 4. The fourth-order valence-corrected chi connectivity index (χ4v) is 3.94. The minimum absolute atomic E-state index is 0.121. The van der Waals surface area contributed by atoms with Crippen molar-refractivity contribution in [3.8, 4) is 23.0 Å². The van der Waals surface area contributed by atoms with Crippen LogP contribution in [-0.4, -0.2) is 42.6 Å². The number of methoxy groups -OCH3 is 4. The van der Waals surface area contributed by atoms with Crippen LogP contribution in [0.5, 0.6) is 23.0 Å². The number of hydrogen-bond donors (Lipinski definition) is 1. The molecule has 0 aromatic heterocycles. The van der Waals surface area contributed by atoms with E-state index in [4.69, 9.17) is 18.9 Å². The topological polar surface area (TPSA) is 100 Å². The van der Waals surface area contributed by atoms with Gasteiger partial charge in [0.1, 0.15) is 23.0 Å². The molecule has 0 aliphatic heterocycles. The molecule has 9 heteroatoms. The molecule has 1 N–H and O–H groups in total. The van der Waals surface area contributed by atoms with Gasteiger partial charge < -0.3 is 24.3 Å². The molecule has 172 valence electrons. The van der Waals surface area contributed by atoms with Crippen LogP contribution in [-0.2, 0) is 20.4 Å². The molecule has 32 heavy (non-hydrogen) atoms. The number of rotatable bonds is 11. The van der Waals surface area contributed by atoms with Crippen LogP contribution < -0.4 is 24.3 Å². The number of allylic oxidation sites excluding steroid dienone is 1. The molecule has 0 heterocycles. The normalized spacial score (nSPS) is 11.5. The summed E-state index contributed by atoms with van der Waals surface area (Å²) in [5.41, 5.74) is 1.56. The SMILES string of the molecule is COc1cc(OC)c(C=CS(=O)(=O)Cc2ccc(OC)c(NC=CC(C)=O)c2)c(OC)c1. The zero-order chi connectivity index (χ0) is 23.7. The maximum Gasteiger partial charge on any atom is 0.175 e. The lowest BCUT2D eigenvalue weighted by Crippen LogP contribution is -2.02. The number of ketones is 1. The lowest BCUT2D eigenvalue weighted by molar-refractivity contribution is -0.112. The lowest BCUT2D eigenvalue weighted by Gasteiger charge is -2.12. The number of carbonyl (C=O) groups excluding carboxylic acids is 1. The van der Waals surface area contributed by atoms with Crippen LogP contribution in [0.4, 0.5) is 5.69 Å². The summed E-state index contributed by atoms with van der Waals surface area (Å²) in [7, 11) is 2.34. The third-order valence-corrected chi connectivity index (χ3v) is 5.67. The Labute approximate surface area is 188 Å². The standard InChI is InChI=1S/C23H27NO7S/c1-16(25)8-10-24-20-12-17(6-7-21(20)29-3)15-32(26,27)11-9-19-22(30-4)13-18(28-2)14-23(19)31-5/h6-14,24H,15H2,1-5H3. The van der Waals surface area contributed by atoms with Gasteiger partial charge in [-0.15, -0.1) is 0 Å². The highest BCUT2D eigenvalue weighted by atomic mass is 32.2. The van der Waals surface area contributed by atoms with Gasteiger partial charge in [0.05, 0.1) is 45.4 Å². The molecule has 0 saturated carbocycles. The van der Waals surface area contributed by atoms with Crippen molar-refractivity contribution in [2.45, 2.75) is 12.7 Å². The van der Waals surface area contributed by atoms with E-state index >= 15 is 0 Å². The average Bonchev–Trinajstić information content (AvgIpc) is 2.76. The van der Waals surface area contributed by atoms with Gasteiger partial charge in [-0.1, -0.05) is 6.07 Å². The fraction of sp³-hybridized carbons (Fsp3) is 0.261. The Morgan fingerprint density at radius 1 is 0.938 bits per heavy atom. The number of anilines is 1. The number of carbonyl (C=O) groups is 1. The van der Waals surface area contributed by atoms with Gasteiger partial charge in [-0.25, -0.2) is 8.42 Å². The van der Waals surface area contributed by atoms with E-state index in [0.29, 0.717) is 39.8 Å². The molecule has 2 aromatic carbocycles. The first kappa shape index (κ1) is 24.8. The second-order valence-electron chi connectivity index (χ2n) is 6.68. The summed E-state index contributed by atoms with van der Waals surface area (Å²) in [6, 6.07) is 8.27. The van der Waals surface area contributed by atoms with Crippen molar-refractivity contribution in [3.05, 3.63) is 59.1 Å². The Hall–Kier alpha value is -3.46. The first-order valence-electron chi connectivity index (χ1n) is 9.54. The zero-order valence-electron chi connectivity index (χ0n) is 18.7. The van der Waals surface area contributed by atoms with Crippen LogP contribution in [0.1, 0.15) is 18.1 Å². The van der Waals surface area contributed by atoms with Crippen LogP contribution in [0.2, 0.25) is 0 Å². The fourth-order valence-electron chi connectivity index (χ4n) is 2.86. The average molecular weight is 462 g/mol. The Morgan fingerprint density at radius 3 is 2.09 bits per heavy atom. The highest BCUT2D eigenvalue weighted by Crippen LogP contribution is 2.35. The molecule has 0 bridgehead atoms. The number of hydrogen-bond acceptors (Lipinski definition) is 8. The summed E-state index contributed by atoms with van der Waals surface area (Å²) in [5, 5.41) is 4.05. The molecule has 0 amide bonds. The predicted molar refractivity (Wildman–Crippen MR) is 124 cm³/mol. The van der Waals surface area contributed by atoms with E-state index in [1.54, 1.807) is 30.3 Å². The first-order chi connectivity index (χ1) is 15.2. The van der Waals surface area contributed by atoms with Crippen LogP contribution in [0, 0.1) is 0 Å². The molecule has 0 spiro atoms. The van der Waals surface area contributed by atoms with Gasteiger partial charge in [0.15, 0.2) is 15.6 Å². The second kappa shape index (κ2) is 11.2. The van der Waals surface area contributed by atoms with Crippen molar-refractivity contribution >= 4 is 27.4 Å². The molecule has 0 aliphatic carbocycles. The molecular formula is C23H27NO7S. The van der Waals surface area contributed by atoms with Gasteiger partial charge in [-0.3, -0.25) is 4.79 Å². The summed E-state index contributed by atoms with van der Waals surface area (Å²) in [6.45, 7) is 1.43. The minimum atomic E-state index is -3.63. The summed E-state index contributed by atoms with van der Waals surface area (Å²) >= 11 is 0. The Bertz CT molecular complexity index is 1100. The Balaban J connectivity index is 2.31. The predicted octanol–water partition coefficient (Wildman–Crippen LogP) is 3.82. The van der Waals surface area contributed by atoms with E-state index in [9.17, 15) is 13.2 Å². The molecule has 8 nitrogen and oxygen atoms in total. The van der Waals surface area contributed by atoms with Gasteiger partial charge in [0.2, 0.25) is 0 Å². The van der Waals surface area contributed by atoms with Gasteiger partial charge in [0.25, 0.3) is 0 Å². The van der Waals surface area contributed by atoms with E-state index in [1.807, 2.05) is 0 Å². The van der Waals surface area contributed by atoms with Crippen molar-refractivity contribution < 1.29 is 32.2 Å². The maximum atomic E-state index is 12.8. The number of nitrogens with one attached hydrogen (secondary N) is 1. The molecular weight excluding hydrogens is 434 g/mol. The van der Waals surface area contributed by atoms with Crippen molar-refractivity contribution in [2.24, 2.45) is 0 Å². The van der Waals surface area contributed by atoms with Gasteiger partial charge in [-0.05, 0) is 36.8 Å². The molecule has 0 atom stereocenters. The molecule has 0 unspecified atom stereocenters. The summed E-state index contributed by atoms with van der Waals surface area (Å²) in [4.78, 5) is 11.1. The molecule has 0 aliphatic rings.